The van der Waals surface area contributed by atoms with Crippen LogP contribution in [0.15, 0.2) is 23.8 Å². The third-order valence-electron chi connectivity index (χ3n) is 1.47. The van der Waals surface area contributed by atoms with Gasteiger partial charge in [-0.15, -0.1) is 16.1 Å². The molecule has 66 valence electrons. The molecule has 2 aromatic rings. The average Bonchev–Trinajstić information content (AvgIpc) is 2.74. The molecule has 5 nitrogen and oxygen atoms in total. The van der Waals surface area contributed by atoms with Crippen LogP contribution in [0.4, 0.5) is 0 Å². The van der Waals surface area contributed by atoms with E-state index in [0.717, 1.165) is 11.3 Å². The summed E-state index contributed by atoms with van der Waals surface area (Å²) in [7, 11) is 0. The Morgan fingerprint density at radius 2 is 2.15 bits per heavy atom. The first-order valence-corrected chi connectivity index (χ1v) is 4.34. The van der Waals surface area contributed by atoms with Crippen LogP contribution in [-0.4, -0.2) is 26.1 Å². The van der Waals surface area contributed by atoms with E-state index in [4.69, 9.17) is 5.11 Å². The largest absolute Gasteiger partial charge is 0.477 e. The molecule has 0 aromatic carbocycles. The lowest BCUT2D eigenvalue weighted by molar-refractivity contribution is 0.0702. The van der Waals surface area contributed by atoms with E-state index in [9.17, 15) is 4.79 Å². The fourth-order valence-corrected chi connectivity index (χ4v) is 1.66. The van der Waals surface area contributed by atoms with Crippen molar-refractivity contribution < 1.29 is 9.90 Å². The third kappa shape index (κ3) is 1.31. The summed E-state index contributed by atoms with van der Waals surface area (Å²) in [5.41, 5.74) is 0.502. The molecule has 0 amide bonds. The molecular formula is C7H5N3O2S. The number of aromatic nitrogens is 3. The molecule has 0 saturated heterocycles. The summed E-state index contributed by atoms with van der Waals surface area (Å²) in [6.45, 7) is 0. The van der Waals surface area contributed by atoms with Crippen molar-refractivity contribution in [3.63, 3.8) is 0 Å². The van der Waals surface area contributed by atoms with Crippen LogP contribution in [0.25, 0.3) is 5.69 Å². The maximum Gasteiger partial charge on any atom is 0.348 e. The molecular weight excluding hydrogens is 190 g/mol. The van der Waals surface area contributed by atoms with E-state index in [2.05, 4.69) is 10.2 Å². The Morgan fingerprint density at radius 1 is 1.46 bits per heavy atom. The zero-order valence-electron chi connectivity index (χ0n) is 6.41. The number of rotatable bonds is 2. The molecule has 0 aliphatic carbocycles. The van der Waals surface area contributed by atoms with Gasteiger partial charge in [0, 0.05) is 0 Å². The van der Waals surface area contributed by atoms with Gasteiger partial charge in [-0.2, -0.15) is 10.2 Å². The van der Waals surface area contributed by atoms with Gasteiger partial charge in [-0.1, -0.05) is 0 Å². The second-order valence-corrected chi connectivity index (χ2v) is 3.17. The van der Waals surface area contributed by atoms with Gasteiger partial charge < -0.3 is 5.11 Å². The highest BCUT2D eigenvalue weighted by Gasteiger charge is 2.13. The predicted octanol–water partition coefficient (Wildman–Crippen LogP) is 1.03. The van der Waals surface area contributed by atoms with E-state index < -0.39 is 5.97 Å². The molecule has 2 heterocycles. The van der Waals surface area contributed by atoms with Crippen LogP contribution in [0.1, 0.15) is 9.67 Å². The van der Waals surface area contributed by atoms with Gasteiger partial charge in [0.25, 0.3) is 0 Å². The van der Waals surface area contributed by atoms with Gasteiger partial charge in [0.2, 0.25) is 0 Å². The zero-order valence-corrected chi connectivity index (χ0v) is 7.23. The normalized spacial score (nSPS) is 10.2. The van der Waals surface area contributed by atoms with Crippen molar-refractivity contribution in [2.75, 3.05) is 0 Å². The summed E-state index contributed by atoms with van der Waals surface area (Å²) >= 11 is 1.16. The number of hydrogen-bond acceptors (Lipinski definition) is 4. The maximum atomic E-state index is 10.7. The van der Waals surface area contributed by atoms with E-state index >= 15 is 0 Å². The Bertz CT molecular complexity index is 421. The molecule has 0 aliphatic rings. The van der Waals surface area contributed by atoms with E-state index in [1.165, 1.54) is 17.2 Å². The van der Waals surface area contributed by atoms with Crippen molar-refractivity contribution in [1.29, 1.82) is 0 Å². The van der Waals surface area contributed by atoms with Gasteiger partial charge in [-0.05, 0) is 11.4 Å². The molecule has 0 fully saturated rings. The Balaban J connectivity index is 2.52. The highest BCUT2D eigenvalue weighted by Crippen LogP contribution is 2.18. The number of hydrogen-bond donors (Lipinski definition) is 1. The Labute approximate surface area is 77.2 Å². The minimum absolute atomic E-state index is 0.246. The van der Waals surface area contributed by atoms with Gasteiger partial charge in [-0.3, -0.25) is 0 Å². The molecule has 13 heavy (non-hydrogen) atoms. The van der Waals surface area contributed by atoms with Crippen LogP contribution in [0.3, 0.4) is 0 Å². The Morgan fingerprint density at radius 3 is 2.77 bits per heavy atom. The fraction of sp³-hybridized carbons (Fsp3) is 0. The van der Waals surface area contributed by atoms with Gasteiger partial charge >= 0.3 is 5.97 Å². The second kappa shape index (κ2) is 2.98. The monoisotopic (exact) mass is 195 g/mol. The Hall–Kier alpha value is -1.69. The molecule has 0 bridgehead atoms. The van der Waals surface area contributed by atoms with Crippen LogP contribution < -0.4 is 0 Å². The second-order valence-electron chi connectivity index (χ2n) is 2.26. The SMILES string of the molecule is O=C(O)c1sccc1-n1nccn1. The first-order chi connectivity index (χ1) is 6.29. The van der Waals surface area contributed by atoms with E-state index in [0.29, 0.717) is 5.69 Å². The lowest BCUT2D eigenvalue weighted by Crippen LogP contribution is -2.03. The zero-order chi connectivity index (χ0) is 9.26. The van der Waals surface area contributed by atoms with Crippen molar-refractivity contribution in [2.45, 2.75) is 0 Å². The van der Waals surface area contributed by atoms with Crippen LogP contribution in [0.2, 0.25) is 0 Å². The first-order valence-electron chi connectivity index (χ1n) is 3.46. The van der Waals surface area contributed by atoms with E-state index in [1.807, 2.05) is 0 Å². The molecule has 0 aliphatic heterocycles. The molecule has 1 N–H and O–H groups in total. The summed E-state index contributed by atoms with van der Waals surface area (Å²) in [6, 6.07) is 1.67. The maximum absolute atomic E-state index is 10.7. The highest BCUT2D eigenvalue weighted by atomic mass is 32.1. The minimum atomic E-state index is -0.956. The molecule has 0 unspecified atom stereocenters. The molecule has 6 heteroatoms. The van der Waals surface area contributed by atoms with Crippen LogP contribution in [-0.2, 0) is 0 Å². The molecule has 0 atom stereocenters. The van der Waals surface area contributed by atoms with Crippen LogP contribution in [0.5, 0.6) is 0 Å². The number of thiophene rings is 1. The highest BCUT2D eigenvalue weighted by molar-refractivity contribution is 7.12. The van der Waals surface area contributed by atoms with Crippen molar-refractivity contribution in [2.24, 2.45) is 0 Å². The van der Waals surface area contributed by atoms with Crippen LogP contribution >= 0.6 is 11.3 Å². The number of aromatic carboxylic acids is 1. The first kappa shape index (κ1) is 7.93. The minimum Gasteiger partial charge on any atom is -0.477 e. The lowest BCUT2D eigenvalue weighted by atomic mass is 10.4. The van der Waals surface area contributed by atoms with Gasteiger partial charge in [0.05, 0.1) is 12.4 Å². The van der Waals surface area contributed by atoms with Crippen molar-refractivity contribution in [3.05, 3.63) is 28.7 Å². The van der Waals surface area contributed by atoms with Crippen molar-refractivity contribution in [3.8, 4) is 5.69 Å². The third-order valence-corrected chi connectivity index (χ3v) is 2.36. The number of carboxylic acids is 1. The topological polar surface area (TPSA) is 68.0 Å². The standard InChI is InChI=1S/C7H5N3O2S/c11-7(12)6-5(1-4-13-6)10-8-2-3-9-10/h1-4H,(H,11,12). The molecule has 0 radical (unpaired) electrons. The predicted molar refractivity (Wildman–Crippen MR) is 46.2 cm³/mol. The number of carboxylic acid groups (broad SMARTS) is 1. The Kier molecular flexibility index (Phi) is 1.82. The summed E-state index contributed by atoms with van der Waals surface area (Å²) in [5.74, 6) is -0.956. The van der Waals surface area contributed by atoms with Crippen LogP contribution in [0, 0.1) is 0 Å². The van der Waals surface area contributed by atoms with Gasteiger partial charge in [0.1, 0.15) is 10.6 Å². The van der Waals surface area contributed by atoms with Crippen molar-refractivity contribution >= 4 is 17.3 Å². The fourth-order valence-electron chi connectivity index (χ4n) is 0.960. The van der Waals surface area contributed by atoms with Gasteiger partial charge in [-0.25, -0.2) is 4.79 Å². The number of nitrogens with zero attached hydrogens (tertiary/aromatic N) is 3. The average molecular weight is 195 g/mol. The molecule has 0 saturated carbocycles. The smallest absolute Gasteiger partial charge is 0.348 e. The molecule has 2 aromatic heterocycles. The summed E-state index contributed by atoms with van der Waals surface area (Å²) < 4.78 is 0. The summed E-state index contributed by atoms with van der Waals surface area (Å²) in [6.07, 6.45) is 3.01. The quantitative estimate of drug-likeness (QED) is 0.777. The van der Waals surface area contributed by atoms with E-state index in [-0.39, 0.29) is 4.88 Å². The van der Waals surface area contributed by atoms with E-state index in [1.54, 1.807) is 11.4 Å². The number of carbonyl (C=O) groups is 1. The summed E-state index contributed by atoms with van der Waals surface area (Å²) in [4.78, 5) is 12.3. The lowest BCUT2D eigenvalue weighted by Gasteiger charge is -1.96. The summed E-state index contributed by atoms with van der Waals surface area (Å²) in [5, 5.41) is 18.2. The molecule has 0 spiro atoms. The molecule has 2 rings (SSSR count). The van der Waals surface area contributed by atoms with Crippen molar-refractivity contribution in [1.82, 2.24) is 15.0 Å². The van der Waals surface area contributed by atoms with Gasteiger partial charge in [0.15, 0.2) is 0 Å².